The van der Waals surface area contributed by atoms with Crippen molar-refractivity contribution in [3.63, 3.8) is 0 Å². The van der Waals surface area contributed by atoms with E-state index < -0.39 is 11.7 Å². The molecule has 0 atom stereocenters. The Bertz CT molecular complexity index is 1160. The Morgan fingerprint density at radius 2 is 1.72 bits per heavy atom. The maximum atomic E-state index is 13.4. The molecule has 0 spiro atoms. The van der Waals surface area contributed by atoms with Crippen LogP contribution in [-0.4, -0.2) is 63.4 Å². The van der Waals surface area contributed by atoms with E-state index in [2.05, 4.69) is 10.2 Å². The molecule has 0 radical (unpaired) electrons. The third-order valence-corrected chi connectivity index (χ3v) is 5.73. The van der Waals surface area contributed by atoms with Crippen molar-refractivity contribution in [2.45, 2.75) is 24.9 Å². The predicted molar refractivity (Wildman–Crippen MR) is 110 cm³/mol. The smallest absolute Gasteiger partial charge is 0.345 e. The molecule has 4 rings (SSSR count). The van der Waals surface area contributed by atoms with E-state index in [1.54, 1.807) is 37.2 Å². The Balaban J connectivity index is 1.53. The number of likely N-dealkylation sites (tertiary alicyclic amines) is 1. The highest BCUT2D eigenvalue weighted by Gasteiger charge is 2.36. The number of carbonyl (C=O) groups excluding carboxylic acids is 2. The van der Waals surface area contributed by atoms with Crippen molar-refractivity contribution in [1.82, 2.24) is 24.4 Å². The number of halogens is 3. The zero-order valence-electron chi connectivity index (χ0n) is 17.6. The molecule has 0 bridgehead atoms. The van der Waals surface area contributed by atoms with Crippen molar-refractivity contribution in [3.05, 3.63) is 65.1 Å². The van der Waals surface area contributed by atoms with Gasteiger partial charge in [0.05, 0.1) is 11.1 Å². The molecule has 7 nitrogen and oxygen atoms in total. The van der Waals surface area contributed by atoms with Crippen molar-refractivity contribution < 1.29 is 22.8 Å². The van der Waals surface area contributed by atoms with Gasteiger partial charge in [0.2, 0.25) is 5.82 Å². The van der Waals surface area contributed by atoms with Crippen LogP contribution >= 0.6 is 0 Å². The maximum absolute atomic E-state index is 13.4. The molecule has 2 aromatic heterocycles. The first-order valence-corrected chi connectivity index (χ1v) is 10.2. The van der Waals surface area contributed by atoms with Gasteiger partial charge in [0.15, 0.2) is 5.65 Å². The van der Waals surface area contributed by atoms with Crippen LogP contribution in [0.2, 0.25) is 0 Å². The molecule has 1 saturated heterocycles. The second-order valence-corrected chi connectivity index (χ2v) is 8.02. The minimum Gasteiger partial charge on any atom is -0.345 e. The highest BCUT2D eigenvalue weighted by molar-refractivity contribution is 5.95. The number of hydrogen-bond acceptors (Lipinski definition) is 4. The lowest BCUT2D eigenvalue weighted by Gasteiger charge is -2.32. The quantitative estimate of drug-likeness (QED) is 0.619. The van der Waals surface area contributed by atoms with Crippen LogP contribution in [0.1, 0.15) is 50.9 Å². The number of hydrogen-bond donors (Lipinski definition) is 0. The van der Waals surface area contributed by atoms with Gasteiger partial charge < -0.3 is 9.80 Å². The van der Waals surface area contributed by atoms with Crippen molar-refractivity contribution in [1.29, 1.82) is 0 Å². The monoisotopic (exact) mass is 445 g/mol. The number of benzene rings is 1. The number of fused-ring (bicyclic) bond motifs is 1. The topological polar surface area (TPSA) is 70.8 Å². The van der Waals surface area contributed by atoms with Gasteiger partial charge in [0.25, 0.3) is 11.8 Å². The summed E-state index contributed by atoms with van der Waals surface area (Å²) in [5.74, 6) is -0.795. The van der Waals surface area contributed by atoms with Gasteiger partial charge in [0, 0.05) is 33.4 Å². The summed E-state index contributed by atoms with van der Waals surface area (Å²) in [4.78, 5) is 28.3. The Morgan fingerprint density at radius 3 is 2.38 bits per heavy atom. The number of nitrogens with zero attached hydrogens (tertiary/aromatic N) is 5. The van der Waals surface area contributed by atoms with E-state index in [1.807, 2.05) is 0 Å². The van der Waals surface area contributed by atoms with E-state index in [0.717, 1.165) is 6.07 Å². The first-order chi connectivity index (χ1) is 15.2. The van der Waals surface area contributed by atoms with Crippen LogP contribution in [0, 0.1) is 0 Å². The zero-order chi connectivity index (χ0) is 23.0. The highest BCUT2D eigenvalue weighted by Crippen LogP contribution is 2.38. The van der Waals surface area contributed by atoms with E-state index in [9.17, 15) is 22.8 Å². The summed E-state index contributed by atoms with van der Waals surface area (Å²) >= 11 is 0. The second kappa shape index (κ2) is 8.25. The summed E-state index contributed by atoms with van der Waals surface area (Å²) in [7, 11) is 3.26. The molecule has 2 amide bonds. The summed E-state index contributed by atoms with van der Waals surface area (Å²) in [6, 6.07) is 8.83. The SMILES string of the molecule is CN(C)C(=O)c1ccc2nnc(C(=O)N3CCC(c4ccccc4C(F)(F)F)CC3)n2c1. The van der Waals surface area contributed by atoms with Gasteiger partial charge in [-0.25, -0.2) is 0 Å². The Kier molecular flexibility index (Phi) is 5.62. The van der Waals surface area contributed by atoms with E-state index >= 15 is 0 Å². The number of alkyl halides is 3. The number of pyridine rings is 1. The minimum absolute atomic E-state index is 0.0718. The highest BCUT2D eigenvalue weighted by atomic mass is 19.4. The molecular weight excluding hydrogens is 423 g/mol. The van der Waals surface area contributed by atoms with Crippen LogP contribution in [0.5, 0.6) is 0 Å². The van der Waals surface area contributed by atoms with Gasteiger partial charge in [0.1, 0.15) is 0 Å². The summed E-state index contributed by atoms with van der Waals surface area (Å²) < 4.78 is 41.6. The van der Waals surface area contributed by atoms with Crippen molar-refractivity contribution in [2.75, 3.05) is 27.2 Å². The standard InChI is InChI=1S/C22H22F3N5O2/c1-28(2)20(31)15-7-8-18-26-27-19(30(18)13-15)21(32)29-11-9-14(10-12-29)16-5-3-4-6-17(16)22(23,24)25/h3-8,13-14H,9-12H2,1-2H3. The Labute approximate surface area is 182 Å². The van der Waals surface area contributed by atoms with Gasteiger partial charge in [-0.1, -0.05) is 18.2 Å². The molecule has 168 valence electrons. The first kappa shape index (κ1) is 21.8. The molecule has 1 aromatic carbocycles. The normalized spacial score (nSPS) is 15.2. The average molecular weight is 445 g/mol. The van der Waals surface area contributed by atoms with Crippen LogP contribution in [-0.2, 0) is 6.18 Å². The van der Waals surface area contributed by atoms with Gasteiger partial charge in [-0.3, -0.25) is 14.0 Å². The number of amides is 2. The fraction of sp³-hybridized carbons (Fsp3) is 0.364. The van der Waals surface area contributed by atoms with E-state index in [-0.39, 0.29) is 29.1 Å². The van der Waals surface area contributed by atoms with Crippen LogP contribution in [0.15, 0.2) is 42.6 Å². The third kappa shape index (κ3) is 4.04. The lowest BCUT2D eigenvalue weighted by Crippen LogP contribution is -2.39. The van der Waals surface area contributed by atoms with Gasteiger partial charge >= 0.3 is 6.18 Å². The van der Waals surface area contributed by atoms with Crippen molar-refractivity contribution in [2.24, 2.45) is 0 Å². The van der Waals surface area contributed by atoms with Crippen LogP contribution in [0.25, 0.3) is 5.65 Å². The Morgan fingerprint density at radius 1 is 1.03 bits per heavy atom. The largest absolute Gasteiger partial charge is 0.416 e. The van der Waals surface area contributed by atoms with Gasteiger partial charge in [-0.05, 0) is 42.5 Å². The molecular formula is C22H22F3N5O2. The van der Waals surface area contributed by atoms with E-state index in [1.165, 1.54) is 27.6 Å². The van der Waals surface area contributed by atoms with E-state index in [4.69, 9.17) is 0 Å². The van der Waals surface area contributed by atoms with Crippen LogP contribution in [0.4, 0.5) is 13.2 Å². The molecule has 1 aliphatic heterocycles. The first-order valence-electron chi connectivity index (χ1n) is 10.2. The lowest BCUT2D eigenvalue weighted by atomic mass is 9.86. The van der Waals surface area contributed by atoms with Gasteiger partial charge in [-0.15, -0.1) is 10.2 Å². The van der Waals surface area contributed by atoms with Gasteiger partial charge in [-0.2, -0.15) is 13.2 Å². The summed E-state index contributed by atoms with van der Waals surface area (Å²) in [6.45, 7) is 0.613. The fourth-order valence-corrected chi connectivity index (χ4v) is 4.07. The Hall–Kier alpha value is -3.43. The molecule has 1 aliphatic rings. The number of piperidine rings is 1. The number of aromatic nitrogens is 3. The molecule has 0 N–H and O–H groups in total. The molecule has 32 heavy (non-hydrogen) atoms. The fourth-order valence-electron chi connectivity index (χ4n) is 4.07. The molecule has 10 heteroatoms. The number of rotatable bonds is 3. The molecule has 0 unspecified atom stereocenters. The minimum atomic E-state index is -4.41. The number of carbonyl (C=O) groups is 2. The average Bonchev–Trinajstić information content (AvgIpc) is 3.20. The zero-order valence-corrected chi connectivity index (χ0v) is 17.6. The summed E-state index contributed by atoms with van der Waals surface area (Å²) in [6.07, 6.45) is -2.05. The van der Waals surface area contributed by atoms with E-state index in [0.29, 0.717) is 37.1 Å². The molecule has 0 aliphatic carbocycles. The lowest BCUT2D eigenvalue weighted by molar-refractivity contribution is -0.138. The van der Waals surface area contributed by atoms with Crippen LogP contribution < -0.4 is 0 Å². The van der Waals surface area contributed by atoms with Crippen LogP contribution in [0.3, 0.4) is 0 Å². The summed E-state index contributed by atoms with van der Waals surface area (Å²) in [5.41, 5.74) is 0.467. The molecule has 3 aromatic rings. The predicted octanol–water partition coefficient (Wildman–Crippen LogP) is 3.47. The van der Waals surface area contributed by atoms with Crippen molar-refractivity contribution >= 4 is 17.5 Å². The summed E-state index contributed by atoms with van der Waals surface area (Å²) in [5, 5.41) is 7.98. The third-order valence-electron chi connectivity index (χ3n) is 5.73. The molecule has 0 saturated carbocycles. The molecule has 3 heterocycles. The molecule has 1 fully saturated rings. The maximum Gasteiger partial charge on any atom is 0.416 e. The second-order valence-electron chi connectivity index (χ2n) is 8.02. The van der Waals surface area contributed by atoms with Crippen molar-refractivity contribution in [3.8, 4) is 0 Å².